The molecule has 0 aliphatic heterocycles. The molecule has 2 aromatic carbocycles. The second-order valence-corrected chi connectivity index (χ2v) is 6.53. The minimum atomic E-state index is -0.676. The van der Waals surface area contributed by atoms with E-state index in [9.17, 15) is 4.79 Å². The third-order valence-corrected chi connectivity index (χ3v) is 4.47. The Labute approximate surface area is 148 Å². The molecule has 0 saturated heterocycles. The summed E-state index contributed by atoms with van der Waals surface area (Å²) in [5, 5.41) is 3.85. The summed E-state index contributed by atoms with van der Waals surface area (Å²) in [7, 11) is 1.61. The zero-order chi connectivity index (χ0) is 17.1. The molecule has 0 spiro atoms. The van der Waals surface area contributed by atoms with Crippen molar-refractivity contribution in [2.45, 2.75) is 13.0 Å². The fourth-order valence-corrected chi connectivity index (χ4v) is 3.17. The lowest BCUT2D eigenvalue weighted by Gasteiger charge is -2.13. The molecule has 124 valence electrons. The minimum absolute atomic E-state index is 0.277. The number of carbonyl (C=O) groups excluding carboxylic acids is 1. The number of ether oxygens (including phenoxy) is 2. The van der Waals surface area contributed by atoms with E-state index in [1.165, 1.54) is 11.3 Å². The monoisotopic (exact) mass is 362 g/mol. The quantitative estimate of drug-likeness (QED) is 0.732. The van der Waals surface area contributed by atoms with Gasteiger partial charge in [0.25, 0.3) is 5.91 Å². The van der Waals surface area contributed by atoms with Crippen LogP contribution in [-0.2, 0) is 4.79 Å². The number of thiazole rings is 1. The van der Waals surface area contributed by atoms with Crippen molar-refractivity contribution in [3.05, 3.63) is 47.5 Å². The first-order chi connectivity index (χ1) is 11.5. The highest BCUT2D eigenvalue weighted by Crippen LogP contribution is 2.29. The van der Waals surface area contributed by atoms with Gasteiger partial charge in [-0.1, -0.05) is 29.0 Å². The van der Waals surface area contributed by atoms with Gasteiger partial charge in [0.15, 0.2) is 11.2 Å². The van der Waals surface area contributed by atoms with Crippen molar-refractivity contribution in [2.75, 3.05) is 12.4 Å². The van der Waals surface area contributed by atoms with Gasteiger partial charge in [-0.15, -0.1) is 0 Å². The average Bonchev–Trinajstić information content (AvgIpc) is 2.95. The maximum Gasteiger partial charge on any atom is 0.266 e. The number of rotatable bonds is 5. The third kappa shape index (κ3) is 3.77. The summed E-state index contributed by atoms with van der Waals surface area (Å²) < 4.78 is 11.7. The van der Waals surface area contributed by atoms with Gasteiger partial charge in [0.05, 0.1) is 17.3 Å². The van der Waals surface area contributed by atoms with Crippen LogP contribution in [0.5, 0.6) is 11.5 Å². The van der Waals surface area contributed by atoms with Crippen LogP contribution in [0, 0.1) is 0 Å². The van der Waals surface area contributed by atoms with Crippen molar-refractivity contribution in [1.82, 2.24) is 4.98 Å². The van der Waals surface area contributed by atoms with E-state index >= 15 is 0 Å². The molecule has 1 N–H and O–H groups in total. The molecule has 0 fully saturated rings. The highest BCUT2D eigenvalue weighted by atomic mass is 35.5. The van der Waals surface area contributed by atoms with E-state index in [2.05, 4.69) is 10.3 Å². The lowest BCUT2D eigenvalue weighted by atomic mass is 10.3. The van der Waals surface area contributed by atoms with Crippen molar-refractivity contribution in [2.24, 2.45) is 0 Å². The van der Waals surface area contributed by atoms with Crippen LogP contribution < -0.4 is 14.8 Å². The van der Waals surface area contributed by atoms with Crippen LogP contribution in [0.15, 0.2) is 42.5 Å². The Balaban J connectivity index is 1.69. The summed E-state index contributed by atoms with van der Waals surface area (Å²) in [4.78, 5) is 16.7. The Hall–Kier alpha value is -2.31. The van der Waals surface area contributed by atoms with Gasteiger partial charge in [-0.2, -0.15) is 0 Å². The number of aromatic nitrogens is 1. The van der Waals surface area contributed by atoms with Gasteiger partial charge in [-0.25, -0.2) is 4.98 Å². The van der Waals surface area contributed by atoms with E-state index in [4.69, 9.17) is 21.1 Å². The van der Waals surface area contributed by atoms with Crippen LogP contribution in [0.2, 0.25) is 5.02 Å². The molecule has 3 rings (SSSR count). The molecule has 5 nitrogen and oxygen atoms in total. The molecular weight excluding hydrogens is 348 g/mol. The first-order valence-electron chi connectivity index (χ1n) is 7.23. The van der Waals surface area contributed by atoms with E-state index < -0.39 is 6.10 Å². The fourth-order valence-electron chi connectivity index (χ4n) is 2.09. The van der Waals surface area contributed by atoms with Crippen LogP contribution in [0.1, 0.15) is 6.92 Å². The number of nitrogens with one attached hydrogen (secondary N) is 1. The standard InChI is InChI=1S/C17H15ClN2O3S/c1-10(23-13-5-3-4-11(18)8-13)16(21)20-17-19-14-7-6-12(22-2)9-15(14)24-17/h3-10H,1-2H3,(H,19,20,21)/t10-/m0/s1. The largest absolute Gasteiger partial charge is 0.497 e. The molecule has 0 radical (unpaired) electrons. The van der Waals surface area contributed by atoms with E-state index in [1.54, 1.807) is 38.3 Å². The van der Waals surface area contributed by atoms with E-state index in [-0.39, 0.29) is 5.91 Å². The number of carbonyl (C=O) groups is 1. The van der Waals surface area contributed by atoms with Crippen molar-refractivity contribution in [3.63, 3.8) is 0 Å². The number of nitrogens with zero attached hydrogens (tertiary/aromatic N) is 1. The van der Waals surface area contributed by atoms with Crippen molar-refractivity contribution < 1.29 is 14.3 Å². The van der Waals surface area contributed by atoms with Crippen LogP contribution in [0.3, 0.4) is 0 Å². The highest BCUT2D eigenvalue weighted by molar-refractivity contribution is 7.22. The van der Waals surface area contributed by atoms with E-state index in [0.717, 1.165) is 16.0 Å². The van der Waals surface area contributed by atoms with Crippen molar-refractivity contribution in [3.8, 4) is 11.5 Å². The normalized spacial score (nSPS) is 12.0. The number of benzene rings is 2. The fraction of sp³-hybridized carbons (Fsp3) is 0.176. The molecule has 0 bridgehead atoms. The zero-order valence-corrected chi connectivity index (χ0v) is 14.6. The summed E-state index contributed by atoms with van der Waals surface area (Å²) in [5.74, 6) is 1.02. The second kappa shape index (κ2) is 7.07. The molecule has 1 aromatic heterocycles. The maximum atomic E-state index is 12.3. The molecule has 0 unspecified atom stereocenters. The molecule has 0 saturated carbocycles. The Bertz CT molecular complexity index is 881. The second-order valence-electron chi connectivity index (χ2n) is 5.06. The zero-order valence-electron chi connectivity index (χ0n) is 13.1. The number of amides is 1. The molecule has 1 amide bonds. The van der Waals surface area contributed by atoms with Gasteiger partial charge in [0, 0.05) is 5.02 Å². The third-order valence-electron chi connectivity index (χ3n) is 3.30. The summed E-state index contributed by atoms with van der Waals surface area (Å²) in [6, 6.07) is 12.5. The molecule has 7 heteroatoms. The van der Waals surface area contributed by atoms with Crippen molar-refractivity contribution in [1.29, 1.82) is 0 Å². The molecule has 1 heterocycles. The van der Waals surface area contributed by atoms with Gasteiger partial charge in [-0.3, -0.25) is 10.1 Å². The average molecular weight is 363 g/mol. The van der Waals surface area contributed by atoms with Gasteiger partial charge in [0.2, 0.25) is 0 Å². The number of fused-ring (bicyclic) bond motifs is 1. The van der Waals surface area contributed by atoms with E-state index in [0.29, 0.717) is 15.9 Å². The van der Waals surface area contributed by atoms with Gasteiger partial charge >= 0.3 is 0 Å². The Morgan fingerprint density at radius 2 is 2.08 bits per heavy atom. The number of methoxy groups -OCH3 is 1. The van der Waals surface area contributed by atoms with Crippen LogP contribution >= 0.6 is 22.9 Å². The Morgan fingerprint density at radius 1 is 1.25 bits per heavy atom. The van der Waals surface area contributed by atoms with E-state index in [1.807, 2.05) is 18.2 Å². The first kappa shape index (κ1) is 16.5. The van der Waals surface area contributed by atoms with Crippen molar-refractivity contribution >= 4 is 44.2 Å². The molecule has 0 aliphatic rings. The van der Waals surface area contributed by atoms with Gasteiger partial charge in [0.1, 0.15) is 11.5 Å². The summed E-state index contributed by atoms with van der Waals surface area (Å²) in [5.41, 5.74) is 0.805. The summed E-state index contributed by atoms with van der Waals surface area (Å²) in [6.07, 6.45) is -0.676. The number of halogens is 1. The van der Waals surface area contributed by atoms with Crippen LogP contribution in [0.4, 0.5) is 5.13 Å². The minimum Gasteiger partial charge on any atom is -0.497 e. The maximum absolute atomic E-state index is 12.3. The van der Waals surface area contributed by atoms with Crippen LogP contribution in [-0.4, -0.2) is 24.1 Å². The SMILES string of the molecule is COc1ccc2nc(NC(=O)[C@H](C)Oc3cccc(Cl)c3)sc2c1. The molecule has 3 aromatic rings. The van der Waals surface area contributed by atoms with Gasteiger partial charge in [-0.05, 0) is 43.3 Å². The topological polar surface area (TPSA) is 60.5 Å². The first-order valence-corrected chi connectivity index (χ1v) is 8.42. The van der Waals surface area contributed by atoms with Gasteiger partial charge < -0.3 is 9.47 Å². The molecule has 1 atom stereocenters. The lowest BCUT2D eigenvalue weighted by molar-refractivity contribution is -0.122. The molecule has 0 aliphatic carbocycles. The molecule has 24 heavy (non-hydrogen) atoms. The predicted octanol–water partition coefficient (Wildman–Crippen LogP) is 4.36. The smallest absolute Gasteiger partial charge is 0.266 e. The lowest BCUT2D eigenvalue weighted by Crippen LogP contribution is -2.30. The highest BCUT2D eigenvalue weighted by Gasteiger charge is 2.17. The van der Waals surface area contributed by atoms with Crippen LogP contribution in [0.25, 0.3) is 10.2 Å². The summed E-state index contributed by atoms with van der Waals surface area (Å²) in [6.45, 7) is 1.67. The Morgan fingerprint density at radius 3 is 2.83 bits per heavy atom. The number of hydrogen-bond acceptors (Lipinski definition) is 5. The molecular formula is C17H15ClN2O3S. The number of anilines is 1. The Kier molecular flexibility index (Phi) is 4.87. The summed E-state index contributed by atoms with van der Waals surface area (Å²) >= 11 is 7.29. The number of hydrogen-bond donors (Lipinski definition) is 1. The predicted molar refractivity (Wildman–Crippen MR) is 96.3 cm³/mol.